The van der Waals surface area contributed by atoms with E-state index in [9.17, 15) is 8.78 Å². The van der Waals surface area contributed by atoms with E-state index in [-0.39, 0.29) is 36.3 Å². The highest BCUT2D eigenvalue weighted by Gasteiger charge is 2.11. The number of para-hydroxylation sites is 1. The van der Waals surface area contributed by atoms with Gasteiger partial charge in [0, 0.05) is 19.4 Å². The number of nitrogens with one attached hydrogen (secondary N) is 2. The zero-order valence-corrected chi connectivity index (χ0v) is 15.5. The molecular formula is C15H20F2IN5O. The van der Waals surface area contributed by atoms with Crippen LogP contribution in [0.2, 0.25) is 0 Å². The standard InChI is InChI=1S/C15H19F2N5O.HI/c1-18-15(20-8-10-23-12-5-3-2-4-6-12)21-11-13-19-7-9-22(13)14(16)17;/h2-7,9,14H,8,10-11H2,1H3,(H2,18,20,21);1H. The van der Waals surface area contributed by atoms with Crippen LogP contribution >= 0.6 is 24.0 Å². The maximum atomic E-state index is 12.7. The predicted octanol–water partition coefficient (Wildman–Crippen LogP) is 2.64. The third kappa shape index (κ3) is 6.30. The van der Waals surface area contributed by atoms with Gasteiger partial charge in [0.25, 0.3) is 0 Å². The van der Waals surface area contributed by atoms with Crippen molar-refractivity contribution in [2.24, 2.45) is 4.99 Å². The van der Waals surface area contributed by atoms with Gasteiger partial charge in [0.05, 0.1) is 13.1 Å². The van der Waals surface area contributed by atoms with Gasteiger partial charge in [0.15, 0.2) is 5.96 Å². The number of aromatic nitrogens is 2. The summed E-state index contributed by atoms with van der Waals surface area (Å²) in [4.78, 5) is 7.91. The lowest BCUT2D eigenvalue weighted by atomic mass is 10.3. The van der Waals surface area contributed by atoms with Gasteiger partial charge in [0.2, 0.25) is 0 Å². The van der Waals surface area contributed by atoms with E-state index in [1.807, 2.05) is 30.3 Å². The van der Waals surface area contributed by atoms with Crippen LogP contribution in [0.4, 0.5) is 8.78 Å². The Morgan fingerprint density at radius 3 is 2.71 bits per heavy atom. The Labute approximate surface area is 156 Å². The number of hydrogen-bond donors (Lipinski definition) is 2. The van der Waals surface area contributed by atoms with Crippen molar-refractivity contribution < 1.29 is 13.5 Å². The first-order chi connectivity index (χ1) is 11.2. The SMILES string of the molecule is CN=C(NCCOc1ccccc1)NCc1nccn1C(F)F.I. The van der Waals surface area contributed by atoms with Gasteiger partial charge in [-0.25, -0.2) is 4.98 Å². The van der Waals surface area contributed by atoms with Crippen molar-refractivity contribution in [1.82, 2.24) is 20.2 Å². The van der Waals surface area contributed by atoms with Crippen molar-refractivity contribution in [2.45, 2.75) is 13.1 Å². The molecule has 0 amide bonds. The van der Waals surface area contributed by atoms with E-state index >= 15 is 0 Å². The number of imidazole rings is 1. The molecule has 0 spiro atoms. The van der Waals surface area contributed by atoms with Gasteiger partial charge in [-0.1, -0.05) is 18.2 Å². The Balaban J connectivity index is 0.00000288. The normalized spacial score (nSPS) is 11.1. The first-order valence-electron chi connectivity index (χ1n) is 7.13. The van der Waals surface area contributed by atoms with Gasteiger partial charge in [-0.05, 0) is 12.1 Å². The quantitative estimate of drug-likeness (QED) is 0.294. The Bertz CT molecular complexity index is 621. The fourth-order valence-corrected chi connectivity index (χ4v) is 1.90. The molecule has 0 aliphatic heterocycles. The molecule has 2 N–H and O–H groups in total. The molecule has 0 atom stereocenters. The Hall–Kier alpha value is -1.91. The monoisotopic (exact) mass is 451 g/mol. The predicted molar refractivity (Wildman–Crippen MR) is 99.0 cm³/mol. The Kier molecular flexibility index (Phi) is 9.05. The summed E-state index contributed by atoms with van der Waals surface area (Å²) in [7, 11) is 1.60. The van der Waals surface area contributed by atoms with Crippen LogP contribution in [0.15, 0.2) is 47.7 Å². The van der Waals surface area contributed by atoms with E-state index in [1.54, 1.807) is 7.05 Å². The lowest BCUT2D eigenvalue weighted by molar-refractivity contribution is 0.0668. The molecule has 6 nitrogen and oxygen atoms in total. The fraction of sp³-hybridized carbons (Fsp3) is 0.333. The molecule has 9 heteroatoms. The highest BCUT2D eigenvalue weighted by atomic mass is 127. The number of aliphatic imine (C=N–C) groups is 1. The minimum absolute atomic E-state index is 0. The molecule has 2 rings (SSSR count). The third-order valence-electron chi connectivity index (χ3n) is 3.00. The number of halogens is 3. The topological polar surface area (TPSA) is 63.5 Å². The smallest absolute Gasteiger partial charge is 0.319 e. The summed E-state index contributed by atoms with van der Waals surface area (Å²) >= 11 is 0. The van der Waals surface area contributed by atoms with E-state index in [0.717, 1.165) is 10.3 Å². The minimum atomic E-state index is -2.61. The Morgan fingerprint density at radius 2 is 2.04 bits per heavy atom. The van der Waals surface area contributed by atoms with Gasteiger partial charge in [-0.2, -0.15) is 8.78 Å². The molecular weight excluding hydrogens is 431 g/mol. The minimum Gasteiger partial charge on any atom is -0.492 e. The molecule has 0 unspecified atom stereocenters. The molecule has 0 saturated heterocycles. The second-order valence-electron chi connectivity index (χ2n) is 4.54. The van der Waals surface area contributed by atoms with Gasteiger partial charge < -0.3 is 15.4 Å². The number of nitrogens with zero attached hydrogens (tertiary/aromatic N) is 3. The molecule has 0 radical (unpaired) electrons. The van der Waals surface area contributed by atoms with Gasteiger partial charge in [0.1, 0.15) is 18.2 Å². The average Bonchev–Trinajstić information content (AvgIpc) is 3.04. The first kappa shape index (κ1) is 20.1. The van der Waals surface area contributed by atoms with Crippen molar-refractivity contribution >= 4 is 29.9 Å². The summed E-state index contributed by atoms with van der Waals surface area (Å²) in [6.45, 7) is -1.48. The molecule has 1 heterocycles. The van der Waals surface area contributed by atoms with Gasteiger partial charge >= 0.3 is 6.55 Å². The Morgan fingerprint density at radius 1 is 1.29 bits per heavy atom. The molecule has 0 aliphatic rings. The third-order valence-corrected chi connectivity index (χ3v) is 3.00. The van der Waals surface area contributed by atoms with Crippen LogP contribution in [0, 0.1) is 0 Å². The summed E-state index contributed by atoms with van der Waals surface area (Å²) in [5, 5.41) is 5.97. The van der Waals surface area contributed by atoms with Gasteiger partial charge in [-0.3, -0.25) is 9.56 Å². The zero-order valence-electron chi connectivity index (χ0n) is 13.2. The number of ether oxygens (including phenoxy) is 1. The first-order valence-corrected chi connectivity index (χ1v) is 7.13. The number of guanidine groups is 1. The van der Waals surface area contributed by atoms with Crippen LogP contribution in [0.1, 0.15) is 12.4 Å². The molecule has 132 valence electrons. The van der Waals surface area contributed by atoms with Crippen LogP contribution in [-0.2, 0) is 6.54 Å². The van der Waals surface area contributed by atoms with Crippen LogP contribution in [0.25, 0.3) is 0 Å². The number of rotatable bonds is 7. The second kappa shape index (κ2) is 10.8. The van der Waals surface area contributed by atoms with E-state index < -0.39 is 6.55 Å². The van der Waals surface area contributed by atoms with Crippen molar-refractivity contribution in [1.29, 1.82) is 0 Å². The van der Waals surface area contributed by atoms with Crippen molar-refractivity contribution in [3.05, 3.63) is 48.5 Å². The number of benzene rings is 1. The molecule has 0 saturated carbocycles. The molecule has 2 aromatic rings. The molecule has 0 bridgehead atoms. The zero-order chi connectivity index (χ0) is 16.5. The maximum absolute atomic E-state index is 12.7. The number of alkyl halides is 2. The van der Waals surface area contributed by atoms with Crippen molar-refractivity contribution in [3.8, 4) is 5.75 Å². The molecule has 0 fully saturated rings. The van der Waals surface area contributed by atoms with E-state index in [0.29, 0.717) is 19.1 Å². The molecule has 1 aromatic carbocycles. The average molecular weight is 451 g/mol. The maximum Gasteiger partial charge on any atom is 0.319 e. The van der Waals surface area contributed by atoms with Crippen molar-refractivity contribution in [3.63, 3.8) is 0 Å². The van der Waals surface area contributed by atoms with Crippen LogP contribution in [0.3, 0.4) is 0 Å². The molecule has 24 heavy (non-hydrogen) atoms. The summed E-state index contributed by atoms with van der Waals surface area (Å²) in [6.07, 6.45) is 2.58. The lowest BCUT2D eigenvalue weighted by Gasteiger charge is -2.13. The summed E-state index contributed by atoms with van der Waals surface area (Å²) in [5.41, 5.74) is 0. The summed E-state index contributed by atoms with van der Waals surface area (Å²) in [5.74, 6) is 1.52. The largest absolute Gasteiger partial charge is 0.492 e. The molecule has 1 aromatic heterocycles. The van der Waals surface area contributed by atoms with Gasteiger partial charge in [-0.15, -0.1) is 24.0 Å². The van der Waals surface area contributed by atoms with E-state index in [2.05, 4.69) is 20.6 Å². The summed E-state index contributed by atoms with van der Waals surface area (Å²) in [6, 6.07) is 9.46. The second-order valence-corrected chi connectivity index (χ2v) is 4.54. The fourth-order valence-electron chi connectivity index (χ4n) is 1.90. The lowest BCUT2D eigenvalue weighted by Crippen LogP contribution is -2.39. The highest BCUT2D eigenvalue weighted by molar-refractivity contribution is 14.0. The van der Waals surface area contributed by atoms with Crippen LogP contribution < -0.4 is 15.4 Å². The number of hydrogen-bond acceptors (Lipinski definition) is 3. The van der Waals surface area contributed by atoms with Crippen LogP contribution in [0.5, 0.6) is 5.75 Å². The van der Waals surface area contributed by atoms with Crippen molar-refractivity contribution in [2.75, 3.05) is 20.2 Å². The van der Waals surface area contributed by atoms with E-state index in [4.69, 9.17) is 4.74 Å². The summed E-state index contributed by atoms with van der Waals surface area (Å²) < 4.78 is 31.8. The highest BCUT2D eigenvalue weighted by Crippen LogP contribution is 2.11. The molecule has 0 aliphatic carbocycles. The van der Waals surface area contributed by atoms with E-state index in [1.165, 1.54) is 12.4 Å². The van der Waals surface area contributed by atoms with Crippen LogP contribution in [-0.4, -0.2) is 35.7 Å².